The fourth-order valence-corrected chi connectivity index (χ4v) is 4.82. The molecule has 0 amide bonds. The number of nitrogens with zero attached hydrogens (tertiary/aromatic N) is 5. The van der Waals surface area contributed by atoms with Gasteiger partial charge in [-0.1, -0.05) is 12.1 Å². The third-order valence-electron chi connectivity index (χ3n) is 5.42. The normalized spacial score (nSPS) is 14.3. The van der Waals surface area contributed by atoms with Crippen molar-refractivity contribution in [2.24, 2.45) is 0 Å². The van der Waals surface area contributed by atoms with Gasteiger partial charge in [0.15, 0.2) is 5.82 Å². The van der Waals surface area contributed by atoms with Gasteiger partial charge in [-0.05, 0) is 37.3 Å². The molecular formula is C23H23N5OS. The number of pyridine rings is 1. The fraction of sp³-hybridized carbons (Fsp3) is 0.261. The molecule has 0 N–H and O–H groups in total. The summed E-state index contributed by atoms with van der Waals surface area (Å²) in [7, 11) is 1.73. The van der Waals surface area contributed by atoms with Crippen LogP contribution in [0, 0.1) is 6.92 Å². The summed E-state index contributed by atoms with van der Waals surface area (Å²) < 4.78 is 5.55. The Hall–Kier alpha value is -3.19. The third kappa shape index (κ3) is 3.45. The van der Waals surface area contributed by atoms with E-state index in [2.05, 4.69) is 39.9 Å². The molecule has 4 heterocycles. The van der Waals surface area contributed by atoms with Crippen molar-refractivity contribution in [1.29, 1.82) is 0 Å². The number of ether oxygens (including phenoxy) is 1. The van der Waals surface area contributed by atoms with E-state index in [1.54, 1.807) is 24.6 Å². The maximum Gasteiger partial charge on any atom is 0.164 e. The van der Waals surface area contributed by atoms with Crippen LogP contribution in [-0.2, 0) is 0 Å². The second kappa shape index (κ2) is 7.91. The predicted octanol–water partition coefficient (Wildman–Crippen LogP) is 4.40. The summed E-state index contributed by atoms with van der Waals surface area (Å²) >= 11 is 1.72. The van der Waals surface area contributed by atoms with Gasteiger partial charge in [0.1, 0.15) is 16.4 Å². The zero-order valence-electron chi connectivity index (χ0n) is 17.1. The Morgan fingerprint density at radius 2 is 1.77 bits per heavy atom. The van der Waals surface area contributed by atoms with Gasteiger partial charge in [0.2, 0.25) is 0 Å². The molecule has 0 bridgehead atoms. The maximum atomic E-state index is 5.55. The van der Waals surface area contributed by atoms with Gasteiger partial charge in [-0.2, -0.15) is 0 Å². The van der Waals surface area contributed by atoms with Crippen molar-refractivity contribution < 1.29 is 4.74 Å². The lowest BCUT2D eigenvalue weighted by Crippen LogP contribution is -2.47. The average molecular weight is 418 g/mol. The monoisotopic (exact) mass is 417 g/mol. The lowest BCUT2D eigenvalue weighted by atomic mass is 10.2. The van der Waals surface area contributed by atoms with Gasteiger partial charge in [-0.25, -0.2) is 9.97 Å². The number of piperazine rings is 1. The van der Waals surface area contributed by atoms with Crippen LogP contribution >= 0.6 is 11.3 Å². The Morgan fingerprint density at radius 3 is 2.53 bits per heavy atom. The first-order chi connectivity index (χ1) is 14.7. The van der Waals surface area contributed by atoms with E-state index in [1.807, 2.05) is 30.5 Å². The Labute approximate surface area is 179 Å². The number of anilines is 2. The summed E-state index contributed by atoms with van der Waals surface area (Å²) in [5.74, 6) is 2.67. The molecule has 0 atom stereocenters. The van der Waals surface area contributed by atoms with E-state index in [0.717, 1.165) is 65.0 Å². The standard InChI is InChI=1S/C23H23N5OS/c1-16-14-18-22(25-21(26-23(18)30-16)17-6-5-9-24-15-17)28-12-10-27(11-13-28)19-7-3-4-8-20(19)29-2/h3-9,14-15H,10-13H2,1-2H3. The first kappa shape index (κ1) is 18.8. The molecule has 6 nitrogen and oxygen atoms in total. The summed E-state index contributed by atoms with van der Waals surface area (Å²) in [4.78, 5) is 21.1. The molecule has 0 spiro atoms. The number of rotatable bonds is 4. The minimum atomic E-state index is 0.736. The molecule has 30 heavy (non-hydrogen) atoms. The molecule has 1 aromatic carbocycles. The third-order valence-corrected chi connectivity index (χ3v) is 6.36. The van der Waals surface area contributed by atoms with Gasteiger partial charge in [0.25, 0.3) is 0 Å². The first-order valence-corrected chi connectivity index (χ1v) is 10.9. The highest BCUT2D eigenvalue weighted by Crippen LogP contribution is 2.34. The van der Waals surface area contributed by atoms with Crippen LogP contribution in [0.3, 0.4) is 0 Å². The second-order valence-electron chi connectivity index (χ2n) is 7.33. The Balaban J connectivity index is 1.47. The van der Waals surface area contributed by atoms with Crippen molar-refractivity contribution in [3.05, 3.63) is 59.7 Å². The van der Waals surface area contributed by atoms with Crippen LogP contribution in [0.15, 0.2) is 54.9 Å². The van der Waals surface area contributed by atoms with Crippen LogP contribution < -0.4 is 14.5 Å². The number of benzene rings is 1. The van der Waals surface area contributed by atoms with E-state index >= 15 is 0 Å². The lowest BCUT2D eigenvalue weighted by Gasteiger charge is -2.37. The van der Waals surface area contributed by atoms with E-state index in [9.17, 15) is 0 Å². The second-order valence-corrected chi connectivity index (χ2v) is 8.57. The molecule has 1 aliphatic heterocycles. The van der Waals surface area contributed by atoms with Crippen LogP contribution in [-0.4, -0.2) is 48.2 Å². The molecule has 152 valence electrons. The molecule has 1 aliphatic rings. The SMILES string of the molecule is COc1ccccc1N1CCN(c2nc(-c3cccnc3)nc3sc(C)cc23)CC1. The topological polar surface area (TPSA) is 54.4 Å². The molecule has 1 saturated heterocycles. The summed E-state index contributed by atoms with van der Waals surface area (Å²) in [5, 5.41) is 1.14. The molecule has 4 aromatic rings. The molecule has 0 radical (unpaired) electrons. The number of methoxy groups -OCH3 is 1. The molecule has 7 heteroatoms. The number of fused-ring (bicyclic) bond motifs is 1. The predicted molar refractivity (Wildman–Crippen MR) is 123 cm³/mol. The van der Waals surface area contributed by atoms with E-state index < -0.39 is 0 Å². The molecule has 0 aliphatic carbocycles. The summed E-state index contributed by atoms with van der Waals surface area (Å²) in [6.07, 6.45) is 3.60. The number of thiophene rings is 1. The zero-order valence-corrected chi connectivity index (χ0v) is 17.9. The van der Waals surface area contributed by atoms with Crippen LogP contribution in [0.4, 0.5) is 11.5 Å². The van der Waals surface area contributed by atoms with Gasteiger partial charge < -0.3 is 14.5 Å². The molecular weight excluding hydrogens is 394 g/mol. The Bertz CT molecular complexity index is 1170. The first-order valence-electron chi connectivity index (χ1n) is 10.0. The number of hydrogen-bond donors (Lipinski definition) is 0. The Kier molecular flexibility index (Phi) is 4.96. The highest BCUT2D eigenvalue weighted by atomic mass is 32.1. The van der Waals surface area contributed by atoms with Gasteiger partial charge >= 0.3 is 0 Å². The van der Waals surface area contributed by atoms with Gasteiger partial charge in [0.05, 0.1) is 18.2 Å². The van der Waals surface area contributed by atoms with E-state index in [4.69, 9.17) is 14.7 Å². The molecule has 1 fully saturated rings. The zero-order chi connectivity index (χ0) is 20.5. The van der Waals surface area contributed by atoms with Crippen molar-refractivity contribution in [1.82, 2.24) is 15.0 Å². The van der Waals surface area contributed by atoms with Gasteiger partial charge in [-0.3, -0.25) is 4.98 Å². The van der Waals surface area contributed by atoms with Crippen molar-refractivity contribution in [2.75, 3.05) is 43.1 Å². The van der Waals surface area contributed by atoms with Gasteiger partial charge in [-0.15, -0.1) is 11.3 Å². The minimum Gasteiger partial charge on any atom is -0.495 e. The van der Waals surface area contributed by atoms with Crippen molar-refractivity contribution in [3.63, 3.8) is 0 Å². The van der Waals surface area contributed by atoms with Crippen LogP contribution in [0.1, 0.15) is 4.88 Å². The van der Waals surface area contributed by atoms with Crippen LogP contribution in [0.5, 0.6) is 5.75 Å². The van der Waals surface area contributed by atoms with Crippen molar-refractivity contribution >= 4 is 33.1 Å². The maximum absolute atomic E-state index is 5.55. The number of aryl methyl sites for hydroxylation is 1. The van der Waals surface area contributed by atoms with Crippen LogP contribution in [0.2, 0.25) is 0 Å². The number of aromatic nitrogens is 3. The number of para-hydroxylation sites is 2. The largest absolute Gasteiger partial charge is 0.495 e. The fourth-order valence-electron chi connectivity index (χ4n) is 3.94. The molecule has 0 unspecified atom stereocenters. The smallest absolute Gasteiger partial charge is 0.164 e. The molecule has 3 aromatic heterocycles. The molecule has 0 saturated carbocycles. The Morgan fingerprint density at radius 1 is 0.967 bits per heavy atom. The van der Waals surface area contributed by atoms with Crippen molar-refractivity contribution in [3.8, 4) is 17.1 Å². The van der Waals surface area contributed by atoms with Crippen molar-refractivity contribution in [2.45, 2.75) is 6.92 Å². The van der Waals surface area contributed by atoms with E-state index in [-0.39, 0.29) is 0 Å². The summed E-state index contributed by atoms with van der Waals surface area (Å²) in [6.45, 7) is 5.74. The highest BCUT2D eigenvalue weighted by Gasteiger charge is 2.23. The number of hydrogen-bond acceptors (Lipinski definition) is 7. The minimum absolute atomic E-state index is 0.736. The summed E-state index contributed by atoms with van der Waals surface area (Å²) in [6, 6.07) is 14.4. The van der Waals surface area contributed by atoms with Crippen LogP contribution in [0.25, 0.3) is 21.6 Å². The van der Waals surface area contributed by atoms with E-state index in [0.29, 0.717) is 0 Å². The summed E-state index contributed by atoms with van der Waals surface area (Å²) in [5.41, 5.74) is 2.09. The van der Waals surface area contributed by atoms with Gasteiger partial charge in [0, 0.05) is 49.0 Å². The highest BCUT2D eigenvalue weighted by molar-refractivity contribution is 7.18. The average Bonchev–Trinajstić information content (AvgIpc) is 3.19. The molecule has 5 rings (SSSR count). The van der Waals surface area contributed by atoms with E-state index in [1.165, 1.54) is 4.88 Å². The quantitative estimate of drug-likeness (QED) is 0.491. The lowest BCUT2D eigenvalue weighted by molar-refractivity contribution is 0.413.